The molecule has 1 aromatic rings. The molecule has 5 heteroatoms. The van der Waals surface area contributed by atoms with Gasteiger partial charge in [0.25, 0.3) is 0 Å². The number of morpholine rings is 1. The van der Waals surface area contributed by atoms with Crippen LogP contribution in [-0.4, -0.2) is 42.0 Å². The maximum atomic E-state index is 9.19. The maximum Gasteiger partial charge on any atom is 0.129 e. The average Bonchev–Trinajstić information content (AvgIpc) is 2.39. The number of aliphatic hydroxyl groups excluding tert-OH is 1. The minimum Gasteiger partial charge on any atom is -0.394 e. The predicted molar refractivity (Wildman–Crippen MR) is 70.5 cm³/mol. The molecule has 0 spiro atoms. The number of hydrogen-bond acceptors (Lipinski definition) is 5. The van der Waals surface area contributed by atoms with Crippen molar-refractivity contribution in [1.82, 2.24) is 4.98 Å². The molecule has 0 aliphatic carbocycles. The van der Waals surface area contributed by atoms with Crippen molar-refractivity contribution in [2.24, 2.45) is 5.73 Å². The van der Waals surface area contributed by atoms with E-state index in [1.165, 1.54) is 0 Å². The molecule has 0 aromatic carbocycles. The van der Waals surface area contributed by atoms with Crippen molar-refractivity contribution >= 4 is 5.82 Å². The van der Waals surface area contributed by atoms with Crippen molar-refractivity contribution in [2.45, 2.75) is 32.0 Å². The van der Waals surface area contributed by atoms with E-state index in [4.69, 9.17) is 10.5 Å². The van der Waals surface area contributed by atoms with Crippen molar-refractivity contribution in [3.63, 3.8) is 0 Å². The number of aliphatic hydroxyl groups is 1. The van der Waals surface area contributed by atoms with E-state index in [9.17, 15) is 5.11 Å². The summed E-state index contributed by atoms with van der Waals surface area (Å²) in [5.41, 5.74) is 6.96. The van der Waals surface area contributed by atoms with Gasteiger partial charge in [-0.05, 0) is 31.5 Å². The maximum absolute atomic E-state index is 9.19. The van der Waals surface area contributed by atoms with E-state index in [0.29, 0.717) is 13.2 Å². The molecule has 0 amide bonds. The molecular weight excluding hydrogens is 230 g/mol. The van der Waals surface area contributed by atoms with Crippen molar-refractivity contribution < 1.29 is 9.84 Å². The standard InChI is InChI=1S/C13H21N3O2/c1-9-8-18-12(7-17)6-16(9)13-5-11(10(2)14)3-4-15-13/h3-5,9-10,12,17H,6-8,14H2,1-2H3. The van der Waals surface area contributed by atoms with Gasteiger partial charge in [0.1, 0.15) is 5.82 Å². The van der Waals surface area contributed by atoms with Crippen molar-refractivity contribution in [2.75, 3.05) is 24.7 Å². The second-order valence-electron chi connectivity index (χ2n) is 4.88. The van der Waals surface area contributed by atoms with E-state index in [2.05, 4.69) is 16.8 Å². The van der Waals surface area contributed by atoms with Gasteiger partial charge in [0.2, 0.25) is 0 Å². The number of pyridine rings is 1. The summed E-state index contributed by atoms with van der Waals surface area (Å²) in [4.78, 5) is 6.56. The third kappa shape index (κ3) is 2.80. The average molecular weight is 251 g/mol. The molecule has 3 N–H and O–H groups in total. The summed E-state index contributed by atoms with van der Waals surface area (Å²) < 4.78 is 5.52. The molecule has 1 aliphatic rings. The Morgan fingerprint density at radius 1 is 1.67 bits per heavy atom. The van der Waals surface area contributed by atoms with Gasteiger partial charge >= 0.3 is 0 Å². The highest BCUT2D eigenvalue weighted by atomic mass is 16.5. The lowest BCUT2D eigenvalue weighted by atomic mass is 10.1. The first-order valence-corrected chi connectivity index (χ1v) is 6.32. The van der Waals surface area contributed by atoms with Crippen LogP contribution in [0.3, 0.4) is 0 Å². The van der Waals surface area contributed by atoms with Crippen LogP contribution < -0.4 is 10.6 Å². The summed E-state index contributed by atoms with van der Waals surface area (Å²) in [5.74, 6) is 0.902. The minimum atomic E-state index is -0.137. The number of hydrogen-bond donors (Lipinski definition) is 2. The molecule has 1 aliphatic heterocycles. The van der Waals surface area contributed by atoms with Gasteiger partial charge in [-0.15, -0.1) is 0 Å². The number of nitrogens with zero attached hydrogens (tertiary/aromatic N) is 2. The molecular formula is C13H21N3O2. The fourth-order valence-corrected chi connectivity index (χ4v) is 2.12. The highest BCUT2D eigenvalue weighted by molar-refractivity contribution is 5.43. The highest BCUT2D eigenvalue weighted by Crippen LogP contribution is 2.22. The van der Waals surface area contributed by atoms with Crippen molar-refractivity contribution in [3.8, 4) is 0 Å². The summed E-state index contributed by atoms with van der Waals surface area (Å²) >= 11 is 0. The Balaban J connectivity index is 2.20. The number of rotatable bonds is 3. The van der Waals surface area contributed by atoms with Crippen LogP contribution in [0, 0.1) is 0 Å². The molecule has 2 heterocycles. The van der Waals surface area contributed by atoms with Gasteiger partial charge in [-0.25, -0.2) is 4.98 Å². The Labute approximate surface area is 108 Å². The molecule has 5 nitrogen and oxygen atoms in total. The molecule has 1 saturated heterocycles. The molecule has 2 rings (SSSR count). The molecule has 1 aromatic heterocycles. The summed E-state index contributed by atoms with van der Waals surface area (Å²) in [6.45, 7) is 5.35. The van der Waals surface area contributed by atoms with Crippen LogP contribution >= 0.6 is 0 Å². The zero-order valence-electron chi connectivity index (χ0n) is 10.9. The van der Waals surface area contributed by atoms with Gasteiger partial charge in [0.05, 0.1) is 25.4 Å². The first-order valence-electron chi connectivity index (χ1n) is 6.32. The normalized spacial score (nSPS) is 26.1. The van der Waals surface area contributed by atoms with Gasteiger partial charge in [0.15, 0.2) is 0 Å². The van der Waals surface area contributed by atoms with Gasteiger partial charge < -0.3 is 20.5 Å². The summed E-state index contributed by atoms with van der Waals surface area (Å²) in [6, 6.07) is 4.20. The quantitative estimate of drug-likeness (QED) is 0.827. The van der Waals surface area contributed by atoms with E-state index in [-0.39, 0.29) is 24.8 Å². The summed E-state index contributed by atoms with van der Waals surface area (Å²) in [7, 11) is 0. The molecule has 100 valence electrons. The molecule has 3 unspecified atom stereocenters. The van der Waals surface area contributed by atoms with E-state index in [1.54, 1.807) is 6.20 Å². The van der Waals surface area contributed by atoms with Crippen LogP contribution in [0.2, 0.25) is 0 Å². The fraction of sp³-hybridized carbons (Fsp3) is 0.615. The zero-order chi connectivity index (χ0) is 13.1. The Morgan fingerprint density at radius 3 is 3.11 bits per heavy atom. The second kappa shape index (κ2) is 5.65. The van der Waals surface area contributed by atoms with E-state index in [1.807, 2.05) is 19.1 Å². The van der Waals surface area contributed by atoms with E-state index < -0.39 is 0 Å². The molecule has 0 saturated carbocycles. The first kappa shape index (κ1) is 13.3. The third-order valence-corrected chi connectivity index (χ3v) is 3.30. The lowest BCUT2D eigenvalue weighted by Gasteiger charge is -2.38. The van der Waals surface area contributed by atoms with Crippen LogP contribution in [0.15, 0.2) is 18.3 Å². The van der Waals surface area contributed by atoms with Crippen molar-refractivity contribution in [1.29, 1.82) is 0 Å². The SMILES string of the molecule is CC(N)c1ccnc(N2CC(CO)OCC2C)c1. The fourth-order valence-electron chi connectivity index (χ4n) is 2.12. The zero-order valence-corrected chi connectivity index (χ0v) is 10.9. The topological polar surface area (TPSA) is 71.6 Å². The Bertz CT molecular complexity index is 398. The highest BCUT2D eigenvalue weighted by Gasteiger charge is 2.26. The third-order valence-electron chi connectivity index (χ3n) is 3.30. The lowest BCUT2D eigenvalue weighted by Crippen LogP contribution is -2.50. The predicted octanol–water partition coefficient (Wildman–Crippen LogP) is 0.687. The molecule has 18 heavy (non-hydrogen) atoms. The van der Waals surface area contributed by atoms with E-state index in [0.717, 1.165) is 11.4 Å². The van der Waals surface area contributed by atoms with Crippen LogP contribution in [0.1, 0.15) is 25.5 Å². The number of nitrogens with two attached hydrogens (primary N) is 1. The first-order chi connectivity index (χ1) is 8.61. The van der Waals surface area contributed by atoms with E-state index >= 15 is 0 Å². The minimum absolute atomic E-state index is 0.00302. The molecule has 0 radical (unpaired) electrons. The summed E-state index contributed by atoms with van der Waals surface area (Å²) in [6.07, 6.45) is 1.64. The number of ether oxygens (including phenoxy) is 1. The number of aromatic nitrogens is 1. The van der Waals surface area contributed by atoms with Crippen molar-refractivity contribution in [3.05, 3.63) is 23.9 Å². The second-order valence-corrected chi connectivity index (χ2v) is 4.88. The molecule has 3 atom stereocenters. The molecule has 1 fully saturated rings. The summed E-state index contributed by atoms with van der Waals surface area (Å²) in [5, 5.41) is 9.19. The van der Waals surface area contributed by atoms with Gasteiger partial charge in [-0.1, -0.05) is 0 Å². The van der Waals surface area contributed by atoms with Crippen LogP contribution in [-0.2, 0) is 4.74 Å². The number of anilines is 1. The molecule has 0 bridgehead atoms. The lowest BCUT2D eigenvalue weighted by molar-refractivity contribution is -0.0105. The van der Waals surface area contributed by atoms with Crippen LogP contribution in [0.4, 0.5) is 5.82 Å². The van der Waals surface area contributed by atoms with Gasteiger partial charge in [0, 0.05) is 18.8 Å². The smallest absolute Gasteiger partial charge is 0.129 e. The Morgan fingerprint density at radius 2 is 2.44 bits per heavy atom. The Kier molecular flexibility index (Phi) is 4.16. The Hall–Kier alpha value is -1.17. The van der Waals surface area contributed by atoms with Gasteiger partial charge in [-0.2, -0.15) is 0 Å². The monoisotopic (exact) mass is 251 g/mol. The van der Waals surface area contributed by atoms with Gasteiger partial charge in [-0.3, -0.25) is 0 Å². The van der Waals surface area contributed by atoms with Crippen LogP contribution in [0.5, 0.6) is 0 Å². The largest absolute Gasteiger partial charge is 0.394 e. The van der Waals surface area contributed by atoms with Crippen LogP contribution in [0.25, 0.3) is 0 Å².